The lowest BCUT2D eigenvalue weighted by Gasteiger charge is -2.22. The van der Waals surface area contributed by atoms with E-state index in [2.05, 4.69) is 4.90 Å². The largest absolute Gasteiger partial charge is 0.497 e. The maximum absolute atomic E-state index is 13.1. The monoisotopic (exact) mass is 477 g/mol. The van der Waals surface area contributed by atoms with Gasteiger partial charge in [-0.3, -0.25) is 9.69 Å². The van der Waals surface area contributed by atoms with Crippen LogP contribution in [0.1, 0.15) is 18.4 Å². The van der Waals surface area contributed by atoms with Gasteiger partial charge in [-0.1, -0.05) is 22.9 Å². The maximum Gasteiger partial charge on any atom is 0.228 e. The van der Waals surface area contributed by atoms with Crippen LogP contribution in [-0.2, 0) is 4.79 Å². The van der Waals surface area contributed by atoms with E-state index in [1.807, 2.05) is 62.3 Å². The van der Waals surface area contributed by atoms with Crippen LogP contribution in [0.2, 0.25) is 5.02 Å². The molecule has 0 saturated heterocycles. The van der Waals surface area contributed by atoms with Crippen LogP contribution in [0.25, 0.3) is 10.2 Å². The van der Waals surface area contributed by atoms with E-state index in [1.54, 1.807) is 30.2 Å². The fourth-order valence-corrected chi connectivity index (χ4v) is 5.13. The van der Waals surface area contributed by atoms with Crippen LogP contribution in [0.5, 0.6) is 5.75 Å². The molecule has 3 rings (SSSR count). The number of methoxy groups -OCH3 is 1. The second-order valence-corrected chi connectivity index (χ2v) is 10.1. The Morgan fingerprint density at radius 1 is 1.16 bits per heavy atom. The number of hydrogen-bond donors (Lipinski definition) is 0. The summed E-state index contributed by atoms with van der Waals surface area (Å²) in [5.74, 6) is 1.84. The third kappa shape index (κ3) is 6.35. The van der Waals surface area contributed by atoms with Gasteiger partial charge in [-0.2, -0.15) is 0 Å². The molecule has 0 bridgehead atoms. The van der Waals surface area contributed by atoms with Crippen molar-refractivity contribution in [2.24, 2.45) is 0 Å². The van der Waals surface area contributed by atoms with Gasteiger partial charge in [0, 0.05) is 29.4 Å². The Labute approximate surface area is 197 Å². The Bertz CT molecular complexity index is 1020. The van der Waals surface area contributed by atoms with Crippen LogP contribution >= 0.6 is 34.7 Å². The second-order valence-electron chi connectivity index (χ2n) is 7.49. The van der Waals surface area contributed by atoms with Gasteiger partial charge in [0.05, 0.1) is 17.3 Å². The highest BCUT2D eigenvalue weighted by Gasteiger charge is 2.20. The molecule has 0 unspecified atom stereocenters. The van der Waals surface area contributed by atoms with Gasteiger partial charge in [0.15, 0.2) is 5.13 Å². The quantitative estimate of drug-likeness (QED) is 0.275. The molecule has 3 aromatic rings. The minimum atomic E-state index is 0.111. The average Bonchev–Trinajstić information content (AvgIpc) is 3.19. The number of carbonyl (C=O) groups is 1. The fraction of sp³-hybridized carbons (Fsp3) is 0.391. The number of hydrogen-bond acceptors (Lipinski definition) is 6. The van der Waals surface area contributed by atoms with Gasteiger partial charge in [-0.15, -0.1) is 11.8 Å². The number of thiazole rings is 1. The third-order valence-electron chi connectivity index (χ3n) is 4.90. The maximum atomic E-state index is 13.1. The predicted molar refractivity (Wildman–Crippen MR) is 133 cm³/mol. The molecule has 166 valence electrons. The number of nitrogens with zero attached hydrogens (tertiary/aromatic N) is 3. The number of amides is 1. The van der Waals surface area contributed by atoms with Crippen LogP contribution in [0.3, 0.4) is 0 Å². The van der Waals surface area contributed by atoms with Crippen molar-refractivity contribution in [2.75, 3.05) is 44.9 Å². The Morgan fingerprint density at radius 2 is 1.90 bits per heavy atom. The second kappa shape index (κ2) is 11.2. The summed E-state index contributed by atoms with van der Waals surface area (Å²) in [5.41, 5.74) is 1.84. The Balaban J connectivity index is 1.65. The van der Waals surface area contributed by atoms with Crippen LogP contribution in [0.4, 0.5) is 5.13 Å². The molecule has 0 aliphatic carbocycles. The molecular weight excluding hydrogens is 450 g/mol. The highest BCUT2D eigenvalue weighted by atomic mass is 35.5. The first-order valence-corrected chi connectivity index (χ1v) is 12.3. The van der Waals surface area contributed by atoms with Crippen LogP contribution in [0.15, 0.2) is 41.3 Å². The van der Waals surface area contributed by atoms with Crippen molar-refractivity contribution in [3.63, 3.8) is 0 Å². The topological polar surface area (TPSA) is 45.7 Å². The van der Waals surface area contributed by atoms with Crippen molar-refractivity contribution < 1.29 is 9.53 Å². The minimum Gasteiger partial charge on any atom is -0.497 e. The van der Waals surface area contributed by atoms with Crippen molar-refractivity contribution in [2.45, 2.75) is 24.7 Å². The summed E-state index contributed by atoms with van der Waals surface area (Å²) in [5, 5.41) is 1.45. The summed E-state index contributed by atoms with van der Waals surface area (Å²) < 4.78 is 6.25. The van der Waals surface area contributed by atoms with Crippen molar-refractivity contribution in [1.29, 1.82) is 0 Å². The molecule has 0 N–H and O–H groups in total. The number of thioether (sulfide) groups is 1. The number of fused-ring (bicyclic) bond motifs is 1. The highest BCUT2D eigenvalue weighted by molar-refractivity contribution is 7.99. The van der Waals surface area contributed by atoms with Crippen LogP contribution < -0.4 is 9.64 Å². The SMILES string of the molecule is COc1ccc(SCCCC(=O)N(CCN(C)C)c2nc3c(C)c(Cl)ccc3s2)cc1. The van der Waals surface area contributed by atoms with E-state index in [4.69, 9.17) is 21.3 Å². The van der Waals surface area contributed by atoms with Crippen molar-refractivity contribution >= 4 is 56.0 Å². The molecule has 0 radical (unpaired) electrons. The van der Waals surface area contributed by atoms with Crippen LogP contribution in [-0.4, -0.2) is 55.8 Å². The standard InChI is InChI=1S/C23H28ClN3O2S2/c1-16-19(24)11-12-20-22(16)25-23(31-20)27(14-13-26(2)3)21(28)6-5-15-30-18-9-7-17(29-4)8-10-18/h7-12H,5-6,13-15H2,1-4H3. The highest BCUT2D eigenvalue weighted by Crippen LogP contribution is 2.34. The van der Waals surface area contributed by atoms with Gasteiger partial charge in [-0.25, -0.2) is 4.98 Å². The number of carbonyl (C=O) groups excluding carboxylic acids is 1. The van der Waals surface area contributed by atoms with Crippen LogP contribution in [0, 0.1) is 6.92 Å². The lowest BCUT2D eigenvalue weighted by molar-refractivity contribution is -0.118. The van der Waals surface area contributed by atoms with E-state index in [1.165, 1.54) is 4.90 Å². The molecule has 1 aromatic heterocycles. The van der Waals surface area contributed by atoms with Gasteiger partial charge >= 0.3 is 0 Å². The number of halogens is 1. The summed E-state index contributed by atoms with van der Waals surface area (Å²) in [4.78, 5) is 23.0. The van der Waals surface area contributed by atoms with E-state index < -0.39 is 0 Å². The summed E-state index contributed by atoms with van der Waals surface area (Å²) in [6, 6.07) is 11.9. The number of anilines is 1. The molecule has 0 fully saturated rings. The van der Waals surface area contributed by atoms with Gasteiger partial charge < -0.3 is 9.64 Å². The number of aromatic nitrogens is 1. The first-order chi connectivity index (χ1) is 14.9. The molecule has 0 aliphatic heterocycles. The van der Waals surface area contributed by atoms with Gasteiger partial charge in [0.25, 0.3) is 0 Å². The Kier molecular flexibility index (Phi) is 8.60. The van der Waals surface area contributed by atoms with E-state index in [9.17, 15) is 4.79 Å². The lowest BCUT2D eigenvalue weighted by Crippen LogP contribution is -2.36. The van der Waals surface area contributed by atoms with Gasteiger partial charge in [0.1, 0.15) is 5.75 Å². The zero-order chi connectivity index (χ0) is 22.4. The number of likely N-dealkylation sites (N-methyl/N-ethyl adjacent to an activating group) is 1. The first kappa shape index (κ1) is 23.9. The molecule has 1 heterocycles. The molecule has 0 atom stereocenters. The number of ether oxygens (including phenoxy) is 1. The number of aryl methyl sites for hydroxylation is 1. The third-order valence-corrected chi connectivity index (χ3v) is 7.45. The van der Waals surface area contributed by atoms with Crippen molar-refractivity contribution in [1.82, 2.24) is 9.88 Å². The summed E-state index contributed by atoms with van der Waals surface area (Å²) in [6.07, 6.45) is 1.30. The van der Waals surface area contributed by atoms with Gasteiger partial charge in [0.2, 0.25) is 5.91 Å². The average molecular weight is 478 g/mol. The molecule has 0 saturated carbocycles. The molecular formula is C23H28ClN3O2S2. The molecule has 0 aliphatic rings. The zero-order valence-electron chi connectivity index (χ0n) is 18.4. The molecule has 5 nitrogen and oxygen atoms in total. The van der Waals surface area contributed by atoms with E-state index in [0.717, 1.165) is 45.4 Å². The summed E-state index contributed by atoms with van der Waals surface area (Å²) in [7, 11) is 5.68. The van der Waals surface area contributed by atoms with E-state index >= 15 is 0 Å². The molecule has 8 heteroatoms. The zero-order valence-corrected chi connectivity index (χ0v) is 20.7. The Morgan fingerprint density at radius 3 is 2.58 bits per heavy atom. The summed E-state index contributed by atoms with van der Waals surface area (Å²) >= 11 is 9.56. The lowest BCUT2D eigenvalue weighted by atomic mass is 10.2. The van der Waals surface area contributed by atoms with Gasteiger partial charge in [-0.05, 0) is 75.2 Å². The Hall–Kier alpha value is -1.80. The smallest absolute Gasteiger partial charge is 0.228 e. The van der Waals surface area contributed by atoms with E-state index in [0.29, 0.717) is 18.0 Å². The molecule has 0 spiro atoms. The molecule has 31 heavy (non-hydrogen) atoms. The number of rotatable bonds is 10. The molecule has 2 aromatic carbocycles. The normalized spacial score (nSPS) is 11.3. The molecule has 1 amide bonds. The minimum absolute atomic E-state index is 0.111. The van der Waals surface area contributed by atoms with E-state index in [-0.39, 0.29) is 5.91 Å². The predicted octanol–water partition coefficient (Wildman–Crippen LogP) is 5.73. The van der Waals surface area contributed by atoms with Crippen molar-refractivity contribution in [3.8, 4) is 5.75 Å². The number of benzene rings is 2. The summed E-state index contributed by atoms with van der Waals surface area (Å²) in [6.45, 7) is 3.36. The fourth-order valence-electron chi connectivity index (χ4n) is 3.05. The first-order valence-electron chi connectivity index (χ1n) is 10.2. The van der Waals surface area contributed by atoms with Crippen molar-refractivity contribution in [3.05, 3.63) is 47.0 Å².